The molecule has 0 bridgehead atoms. The third-order valence-electron chi connectivity index (χ3n) is 5.12. The van der Waals surface area contributed by atoms with Crippen molar-refractivity contribution in [2.45, 2.75) is 57.0 Å². The second-order valence-electron chi connectivity index (χ2n) is 6.39. The smallest absolute Gasteiger partial charge is 0.0236 e. The van der Waals surface area contributed by atoms with Crippen molar-refractivity contribution in [2.24, 2.45) is 0 Å². The van der Waals surface area contributed by atoms with Crippen LogP contribution in [0.1, 0.15) is 44.9 Å². The van der Waals surface area contributed by atoms with Crippen molar-refractivity contribution in [3.63, 3.8) is 0 Å². The van der Waals surface area contributed by atoms with Crippen molar-refractivity contribution >= 4 is 0 Å². The zero-order valence-electron chi connectivity index (χ0n) is 11.7. The van der Waals surface area contributed by atoms with E-state index < -0.39 is 0 Å². The Kier molecular flexibility index (Phi) is 4.55. The van der Waals surface area contributed by atoms with Gasteiger partial charge < -0.3 is 5.32 Å². The van der Waals surface area contributed by atoms with Crippen molar-refractivity contribution in [1.82, 2.24) is 15.1 Å². The van der Waals surface area contributed by atoms with Gasteiger partial charge in [-0.3, -0.25) is 9.80 Å². The van der Waals surface area contributed by atoms with Crippen LogP contribution in [0.5, 0.6) is 0 Å². The average Bonchev–Trinajstić information content (AvgIpc) is 2.49. The quantitative estimate of drug-likeness (QED) is 0.806. The number of piperidine rings is 3. The number of hydrogen-bond acceptors (Lipinski definition) is 3. The number of hydrogen-bond donors (Lipinski definition) is 1. The molecule has 3 aliphatic heterocycles. The fourth-order valence-corrected chi connectivity index (χ4v) is 4.02. The Morgan fingerprint density at radius 3 is 1.50 bits per heavy atom. The molecule has 104 valence electrons. The van der Waals surface area contributed by atoms with E-state index in [1.54, 1.807) is 0 Å². The molecule has 1 N–H and O–H groups in total. The summed E-state index contributed by atoms with van der Waals surface area (Å²) >= 11 is 0. The van der Waals surface area contributed by atoms with Crippen LogP contribution < -0.4 is 5.32 Å². The van der Waals surface area contributed by atoms with Crippen LogP contribution in [0.15, 0.2) is 0 Å². The van der Waals surface area contributed by atoms with Crippen molar-refractivity contribution < 1.29 is 0 Å². The Labute approximate surface area is 112 Å². The third-order valence-corrected chi connectivity index (χ3v) is 5.12. The molecule has 3 saturated heterocycles. The molecule has 2 atom stereocenters. The van der Waals surface area contributed by atoms with E-state index in [0.717, 1.165) is 12.1 Å². The Balaban J connectivity index is 1.53. The zero-order chi connectivity index (χ0) is 12.2. The van der Waals surface area contributed by atoms with Gasteiger partial charge >= 0.3 is 0 Å². The SMILES string of the molecule is C1CCN(C2CNCC(N3CCCCC3)C2)CC1. The maximum Gasteiger partial charge on any atom is 0.0236 e. The lowest BCUT2D eigenvalue weighted by atomic mass is 9.96. The number of nitrogens with zero attached hydrogens (tertiary/aromatic N) is 2. The van der Waals surface area contributed by atoms with Gasteiger partial charge in [-0.25, -0.2) is 0 Å². The first-order valence-corrected chi connectivity index (χ1v) is 8.12. The molecule has 3 heterocycles. The molecule has 0 aliphatic carbocycles. The molecule has 3 rings (SSSR count). The van der Waals surface area contributed by atoms with Crippen LogP contribution in [0.4, 0.5) is 0 Å². The topological polar surface area (TPSA) is 18.5 Å². The molecule has 0 aromatic carbocycles. The van der Waals surface area contributed by atoms with E-state index in [2.05, 4.69) is 15.1 Å². The van der Waals surface area contributed by atoms with E-state index >= 15 is 0 Å². The minimum atomic E-state index is 0.811. The van der Waals surface area contributed by atoms with Gasteiger partial charge in [-0.2, -0.15) is 0 Å². The number of nitrogens with one attached hydrogen (secondary N) is 1. The van der Waals surface area contributed by atoms with Crippen molar-refractivity contribution in [1.29, 1.82) is 0 Å². The van der Waals surface area contributed by atoms with E-state index in [9.17, 15) is 0 Å². The molecule has 18 heavy (non-hydrogen) atoms. The van der Waals surface area contributed by atoms with Gasteiger partial charge in [-0.1, -0.05) is 12.8 Å². The molecule has 3 nitrogen and oxygen atoms in total. The molecule has 3 aliphatic rings. The molecule has 3 fully saturated rings. The first kappa shape index (κ1) is 12.9. The van der Waals surface area contributed by atoms with Crippen molar-refractivity contribution in [3.8, 4) is 0 Å². The summed E-state index contributed by atoms with van der Waals surface area (Å²) in [5.41, 5.74) is 0. The molecule has 3 heteroatoms. The maximum absolute atomic E-state index is 3.70. The lowest BCUT2D eigenvalue weighted by molar-refractivity contribution is 0.0736. The van der Waals surface area contributed by atoms with E-state index in [1.165, 1.54) is 84.2 Å². The molecule has 0 aromatic rings. The summed E-state index contributed by atoms with van der Waals surface area (Å²) in [7, 11) is 0. The fraction of sp³-hybridized carbons (Fsp3) is 1.00. The highest BCUT2D eigenvalue weighted by Crippen LogP contribution is 2.22. The van der Waals surface area contributed by atoms with Crippen LogP contribution in [0.3, 0.4) is 0 Å². The van der Waals surface area contributed by atoms with Gasteiger partial charge in [0, 0.05) is 25.2 Å². The molecule has 0 radical (unpaired) electrons. The van der Waals surface area contributed by atoms with E-state index in [0.29, 0.717) is 0 Å². The van der Waals surface area contributed by atoms with Crippen LogP contribution in [-0.4, -0.2) is 61.2 Å². The predicted octanol–water partition coefficient (Wildman–Crippen LogP) is 1.69. The van der Waals surface area contributed by atoms with Gasteiger partial charge in [0.05, 0.1) is 0 Å². The molecule has 0 aromatic heterocycles. The molecular formula is C15H29N3. The van der Waals surface area contributed by atoms with Crippen LogP contribution in [-0.2, 0) is 0 Å². The Hall–Kier alpha value is -0.120. The molecular weight excluding hydrogens is 222 g/mol. The summed E-state index contributed by atoms with van der Waals surface area (Å²) in [5, 5.41) is 3.70. The normalized spacial score (nSPS) is 36.7. The Morgan fingerprint density at radius 2 is 1.06 bits per heavy atom. The van der Waals surface area contributed by atoms with Crippen LogP contribution in [0.25, 0.3) is 0 Å². The van der Waals surface area contributed by atoms with Gasteiger partial charge in [-0.05, 0) is 58.3 Å². The predicted molar refractivity (Wildman–Crippen MR) is 75.9 cm³/mol. The molecule has 0 spiro atoms. The highest BCUT2D eigenvalue weighted by Gasteiger charge is 2.30. The van der Waals surface area contributed by atoms with Crippen molar-refractivity contribution in [2.75, 3.05) is 39.3 Å². The summed E-state index contributed by atoms with van der Waals surface area (Å²) in [6, 6.07) is 1.62. The van der Waals surface area contributed by atoms with E-state index in [1.807, 2.05) is 0 Å². The Morgan fingerprint density at radius 1 is 0.611 bits per heavy atom. The van der Waals surface area contributed by atoms with Crippen LogP contribution in [0, 0.1) is 0 Å². The monoisotopic (exact) mass is 251 g/mol. The van der Waals surface area contributed by atoms with Gasteiger partial charge in [0.2, 0.25) is 0 Å². The zero-order valence-corrected chi connectivity index (χ0v) is 11.7. The van der Waals surface area contributed by atoms with E-state index in [4.69, 9.17) is 0 Å². The fourth-order valence-electron chi connectivity index (χ4n) is 4.02. The van der Waals surface area contributed by atoms with Gasteiger partial charge in [0.1, 0.15) is 0 Å². The Bertz CT molecular complexity index is 220. The third kappa shape index (κ3) is 3.06. The summed E-state index contributed by atoms with van der Waals surface area (Å²) in [6.45, 7) is 7.84. The minimum absolute atomic E-state index is 0.811. The largest absolute Gasteiger partial charge is 0.314 e. The second kappa shape index (κ2) is 6.36. The number of likely N-dealkylation sites (tertiary alicyclic amines) is 2. The standard InChI is InChI=1S/C15H29N3/c1-3-7-17(8-4-1)14-11-15(13-16-12-14)18-9-5-2-6-10-18/h14-16H,1-13H2. The second-order valence-corrected chi connectivity index (χ2v) is 6.39. The summed E-state index contributed by atoms with van der Waals surface area (Å²) in [4.78, 5) is 5.51. The van der Waals surface area contributed by atoms with Crippen molar-refractivity contribution in [3.05, 3.63) is 0 Å². The summed E-state index contributed by atoms with van der Waals surface area (Å²) < 4.78 is 0. The van der Waals surface area contributed by atoms with Gasteiger partial charge in [0.25, 0.3) is 0 Å². The highest BCUT2D eigenvalue weighted by atomic mass is 15.2. The highest BCUT2D eigenvalue weighted by molar-refractivity contribution is 4.89. The van der Waals surface area contributed by atoms with Gasteiger partial charge in [-0.15, -0.1) is 0 Å². The van der Waals surface area contributed by atoms with Crippen LogP contribution in [0.2, 0.25) is 0 Å². The van der Waals surface area contributed by atoms with E-state index in [-0.39, 0.29) is 0 Å². The lowest BCUT2D eigenvalue weighted by Crippen LogP contribution is -2.57. The molecule has 0 amide bonds. The molecule has 2 unspecified atom stereocenters. The number of rotatable bonds is 2. The van der Waals surface area contributed by atoms with Crippen LogP contribution >= 0.6 is 0 Å². The minimum Gasteiger partial charge on any atom is -0.314 e. The van der Waals surface area contributed by atoms with Gasteiger partial charge in [0.15, 0.2) is 0 Å². The maximum atomic E-state index is 3.70. The lowest BCUT2D eigenvalue weighted by Gasteiger charge is -2.44. The first-order chi connectivity index (χ1) is 8.93. The summed E-state index contributed by atoms with van der Waals surface area (Å²) in [6.07, 6.45) is 10.00. The summed E-state index contributed by atoms with van der Waals surface area (Å²) in [5.74, 6) is 0. The first-order valence-electron chi connectivity index (χ1n) is 8.12. The molecule has 0 saturated carbocycles. The average molecular weight is 251 g/mol.